The van der Waals surface area contributed by atoms with Crippen molar-refractivity contribution in [3.63, 3.8) is 0 Å². The second kappa shape index (κ2) is 5.73. The van der Waals surface area contributed by atoms with Gasteiger partial charge in [-0.15, -0.1) is 11.6 Å². The first-order chi connectivity index (χ1) is 7.27. The summed E-state index contributed by atoms with van der Waals surface area (Å²) in [5, 5.41) is 12.0. The van der Waals surface area contributed by atoms with Gasteiger partial charge in [0.2, 0.25) is 0 Å². The molecule has 0 radical (unpaired) electrons. The molecule has 2 N–H and O–H groups in total. The first-order valence-corrected chi connectivity index (χ1v) is 5.46. The maximum atomic E-state index is 10.7. The molecule has 3 nitrogen and oxygen atoms in total. The Hall–Kier alpha value is -1.06. The number of carboxylic acids is 1. The summed E-state index contributed by atoms with van der Waals surface area (Å²) in [6, 6.07) is 5.33. The minimum Gasteiger partial charge on any atom is -0.478 e. The third-order valence-corrected chi connectivity index (χ3v) is 2.34. The van der Waals surface area contributed by atoms with Gasteiger partial charge in [0.1, 0.15) is 0 Å². The smallest absolute Gasteiger partial charge is 0.335 e. The van der Waals surface area contributed by atoms with Gasteiger partial charge >= 0.3 is 5.97 Å². The fraction of sp³-hybridized carbons (Fsp3) is 0.364. The normalized spacial score (nSPS) is 13.5. The van der Waals surface area contributed by atoms with Crippen LogP contribution in [-0.2, 0) is 13.0 Å². The highest BCUT2D eigenvalue weighted by Gasteiger charge is 2.10. The number of carbonyl (C=O) groups is 1. The van der Waals surface area contributed by atoms with Gasteiger partial charge in [-0.1, -0.05) is 6.07 Å². The Labute approximate surface area is 94.1 Å². The van der Waals surface area contributed by atoms with Gasteiger partial charge in [-0.3, -0.25) is 0 Å². The molecule has 0 aliphatic carbocycles. The molecule has 0 spiro atoms. The molecule has 0 aromatic heterocycles. The molecule has 1 aromatic carbocycles. The minimum atomic E-state index is -0.846. The van der Waals surface area contributed by atoms with Gasteiger partial charge in [0.05, 0.1) is 5.56 Å². The molecule has 2 rings (SSSR count). The Bertz CT molecular complexity index is 352. The van der Waals surface area contributed by atoms with E-state index < -0.39 is 5.97 Å². The van der Waals surface area contributed by atoms with E-state index >= 15 is 0 Å². The van der Waals surface area contributed by atoms with Crippen LogP contribution in [0.2, 0.25) is 0 Å². The molecular weight excluding hydrogens is 214 g/mol. The summed E-state index contributed by atoms with van der Waals surface area (Å²) < 4.78 is 0. The van der Waals surface area contributed by atoms with Gasteiger partial charge in [-0.05, 0) is 36.2 Å². The molecule has 0 amide bonds. The molecule has 15 heavy (non-hydrogen) atoms. The van der Waals surface area contributed by atoms with E-state index in [0.29, 0.717) is 5.56 Å². The van der Waals surface area contributed by atoms with E-state index in [9.17, 15) is 4.79 Å². The highest BCUT2D eigenvalue weighted by molar-refractivity contribution is 6.15. The minimum absolute atomic E-state index is 0.389. The van der Waals surface area contributed by atoms with Crippen LogP contribution >= 0.6 is 11.6 Å². The lowest BCUT2D eigenvalue weighted by atomic mass is 9.98. The molecule has 1 aliphatic heterocycles. The lowest BCUT2D eigenvalue weighted by Gasteiger charge is -2.16. The average molecular weight is 228 g/mol. The highest BCUT2D eigenvalue weighted by atomic mass is 35.5. The van der Waals surface area contributed by atoms with Crippen molar-refractivity contribution in [3.8, 4) is 0 Å². The topological polar surface area (TPSA) is 49.3 Å². The number of carboxylic acid groups (broad SMARTS) is 1. The van der Waals surface area contributed by atoms with Crippen LogP contribution < -0.4 is 5.32 Å². The van der Waals surface area contributed by atoms with Crippen molar-refractivity contribution in [1.82, 2.24) is 5.32 Å². The Balaban J connectivity index is 0.000000531. The largest absolute Gasteiger partial charge is 0.478 e. The van der Waals surface area contributed by atoms with E-state index in [2.05, 4.69) is 16.9 Å². The molecule has 4 heteroatoms. The van der Waals surface area contributed by atoms with Gasteiger partial charge in [0.25, 0.3) is 0 Å². The first-order valence-electron chi connectivity index (χ1n) is 4.71. The molecule has 0 bridgehead atoms. The maximum absolute atomic E-state index is 10.7. The van der Waals surface area contributed by atoms with E-state index in [1.165, 1.54) is 17.5 Å². The van der Waals surface area contributed by atoms with Crippen molar-refractivity contribution in [1.29, 1.82) is 0 Å². The van der Waals surface area contributed by atoms with Crippen LogP contribution in [0, 0.1) is 0 Å². The molecule has 1 heterocycles. The molecule has 0 atom stereocenters. The third-order valence-electron chi connectivity index (χ3n) is 2.34. The van der Waals surface area contributed by atoms with Crippen LogP contribution in [-0.4, -0.2) is 24.0 Å². The van der Waals surface area contributed by atoms with Gasteiger partial charge in [-0.25, -0.2) is 4.79 Å². The molecule has 0 saturated heterocycles. The third kappa shape index (κ3) is 2.94. The van der Waals surface area contributed by atoms with E-state index in [-0.39, 0.29) is 0 Å². The van der Waals surface area contributed by atoms with Crippen molar-refractivity contribution in [3.05, 3.63) is 34.9 Å². The zero-order valence-electron chi connectivity index (χ0n) is 8.59. The second-order valence-corrected chi connectivity index (χ2v) is 3.22. The van der Waals surface area contributed by atoms with Crippen LogP contribution in [0.25, 0.3) is 0 Å². The van der Waals surface area contributed by atoms with Gasteiger partial charge < -0.3 is 10.4 Å². The summed E-state index contributed by atoms with van der Waals surface area (Å²) in [6.45, 7) is 1.80. The molecule has 0 unspecified atom stereocenters. The van der Waals surface area contributed by atoms with Crippen molar-refractivity contribution >= 4 is 17.6 Å². The average Bonchev–Trinajstić information content (AvgIpc) is 2.31. The van der Waals surface area contributed by atoms with Crippen molar-refractivity contribution in [2.45, 2.75) is 13.0 Å². The van der Waals surface area contributed by atoms with E-state index in [4.69, 9.17) is 5.11 Å². The number of alkyl halides is 1. The fourth-order valence-electron chi connectivity index (χ4n) is 1.61. The number of benzene rings is 1. The Morgan fingerprint density at radius 2 is 2.13 bits per heavy atom. The monoisotopic (exact) mass is 227 g/mol. The van der Waals surface area contributed by atoms with Crippen LogP contribution in [0.1, 0.15) is 21.5 Å². The Morgan fingerprint density at radius 1 is 1.40 bits per heavy atom. The van der Waals surface area contributed by atoms with Crippen LogP contribution in [0.3, 0.4) is 0 Å². The second-order valence-electron chi connectivity index (χ2n) is 3.22. The predicted octanol–water partition coefficient (Wildman–Crippen LogP) is 1.89. The van der Waals surface area contributed by atoms with Gasteiger partial charge in [0, 0.05) is 12.9 Å². The Morgan fingerprint density at radius 3 is 2.80 bits per heavy atom. The lowest BCUT2D eigenvalue weighted by molar-refractivity contribution is 0.0696. The zero-order valence-corrected chi connectivity index (χ0v) is 9.34. The van der Waals surface area contributed by atoms with Gasteiger partial charge in [-0.2, -0.15) is 0 Å². The number of hydrogen-bond acceptors (Lipinski definition) is 2. The number of nitrogens with one attached hydrogen (secondary N) is 1. The summed E-state index contributed by atoms with van der Waals surface area (Å²) in [6.07, 6.45) is 2.40. The van der Waals surface area contributed by atoms with Crippen molar-refractivity contribution < 1.29 is 9.90 Å². The molecule has 1 aliphatic rings. The fourth-order valence-corrected chi connectivity index (χ4v) is 1.61. The number of fused-ring (bicyclic) bond motifs is 1. The van der Waals surface area contributed by atoms with Crippen LogP contribution in [0.15, 0.2) is 18.2 Å². The maximum Gasteiger partial charge on any atom is 0.335 e. The van der Waals surface area contributed by atoms with E-state index in [0.717, 1.165) is 19.5 Å². The quantitative estimate of drug-likeness (QED) is 0.721. The van der Waals surface area contributed by atoms with E-state index in [1.54, 1.807) is 12.1 Å². The molecule has 0 saturated carbocycles. The number of rotatable bonds is 1. The number of aromatic carboxylic acids is 1. The highest BCUT2D eigenvalue weighted by Crippen LogP contribution is 2.15. The molecule has 82 valence electrons. The van der Waals surface area contributed by atoms with Crippen molar-refractivity contribution in [2.75, 3.05) is 12.9 Å². The summed E-state index contributed by atoms with van der Waals surface area (Å²) in [5.74, 6) is -0.846. The molecular formula is C11H14ClNO2. The van der Waals surface area contributed by atoms with Crippen molar-refractivity contribution in [2.24, 2.45) is 0 Å². The summed E-state index contributed by atoms with van der Waals surface area (Å²) in [4.78, 5) is 10.7. The lowest BCUT2D eigenvalue weighted by Crippen LogP contribution is -2.23. The first kappa shape index (κ1) is 12.0. The number of hydrogen-bond donors (Lipinski definition) is 2. The SMILES string of the molecule is CCl.O=C(O)c1ccc2c(c1)CCNC2. The zero-order chi connectivity index (χ0) is 11.3. The number of halogens is 1. The summed E-state index contributed by atoms with van der Waals surface area (Å²) in [5.41, 5.74) is 2.77. The van der Waals surface area contributed by atoms with E-state index in [1.807, 2.05) is 6.07 Å². The van der Waals surface area contributed by atoms with Crippen LogP contribution in [0.5, 0.6) is 0 Å². The standard InChI is InChI=1S/C10H11NO2.CH3Cl/c12-10(13)8-1-2-9-6-11-4-3-7(9)5-8;1-2/h1-2,5,11H,3-4,6H2,(H,12,13);1H3. The molecule has 1 aromatic rings. The Kier molecular flexibility index (Phi) is 4.59. The summed E-state index contributed by atoms with van der Waals surface area (Å²) in [7, 11) is 0. The molecule has 0 fully saturated rings. The predicted molar refractivity (Wildman–Crippen MR) is 60.6 cm³/mol. The van der Waals surface area contributed by atoms with Crippen LogP contribution in [0.4, 0.5) is 0 Å². The summed E-state index contributed by atoms with van der Waals surface area (Å²) >= 11 is 4.64. The van der Waals surface area contributed by atoms with Gasteiger partial charge in [0.15, 0.2) is 0 Å².